The second kappa shape index (κ2) is 9.05. The minimum absolute atomic E-state index is 0.147. The summed E-state index contributed by atoms with van der Waals surface area (Å²) in [6, 6.07) is 5.46. The van der Waals surface area contributed by atoms with Gasteiger partial charge in [-0.3, -0.25) is 9.59 Å². The van der Waals surface area contributed by atoms with Crippen LogP contribution in [0.1, 0.15) is 43.5 Å². The fraction of sp³-hybridized carbons (Fsp3) is 0.545. The summed E-state index contributed by atoms with van der Waals surface area (Å²) in [5.41, 5.74) is 3.58. The summed E-state index contributed by atoms with van der Waals surface area (Å²) in [5.74, 6) is 3.71. The van der Waals surface area contributed by atoms with Crippen molar-refractivity contribution in [2.45, 2.75) is 33.1 Å². The van der Waals surface area contributed by atoms with Gasteiger partial charge in [0.15, 0.2) is 0 Å². The average Bonchev–Trinajstić information content (AvgIpc) is 2.77. The van der Waals surface area contributed by atoms with Gasteiger partial charge in [-0.2, -0.15) is 0 Å². The molecule has 2 aliphatic heterocycles. The van der Waals surface area contributed by atoms with Crippen molar-refractivity contribution in [1.29, 1.82) is 0 Å². The lowest BCUT2D eigenvalue weighted by molar-refractivity contribution is -0.131. The highest BCUT2D eigenvalue weighted by molar-refractivity contribution is 7.63. The smallest absolute Gasteiger partial charge is 0.251 e. The minimum atomic E-state index is -0.363. The van der Waals surface area contributed by atoms with Crippen LogP contribution in [0.4, 0.5) is 4.39 Å². The maximum atomic E-state index is 13.0. The molecule has 0 aliphatic carbocycles. The van der Waals surface area contributed by atoms with Crippen LogP contribution in [0.2, 0.25) is 0 Å². The molecule has 2 N–H and O–H groups in total. The molecule has 2 heterocycles. The van der Waals surface area contributed by atoms with Crippen molar-refractivity contribution in [2.75, 3.05) is 25.4 Å². The summed E-state index contributed by atoms with van der Waals surface area (Å²) in [5, 5.41) is 5.91. The largest absolute Gasteiger partial charge is 0.356 e. The van der Waals surface area contributed by atoms with Gasteiger partial charge in [-0.05, 0) is 69.7 Å². The lowest BCUT2D eigenvalue weighted by atomic mass is 9.74. The van der Waals surface area contributed by atoms with Gasteiger partial charge in [-0.1, -0.05) is 25.4 Å². The SMILES string of the molecule is CC1C#CP2CC(C)CC(C(=O)NCCCNC(=O)c3ccc(F)cc3)(C1)C2. The summed E-state index contributed by atoms with van der Waals surface area (Å²) in [6.45, 7) is 5.35. The highest BCUT2D eigenvalue weighted by Crippen LogP contribution is 2.54. The van der Waals surface area contributed by atoms with Gasteiger partial charge in [-0.15, -0.1) is 0 Å². The van der Waals surface area contributed by atoms with Crippen LogP contribution in [-0.2, 0) is 4.79 Å². The van der Waals surface area contributed by atoms with E-state index in [-0.39, 0.29) is 36.9 Å². The van der Waals surface area contributed by atoms with Crippen LogP contribution < -0.4 is 10.6 Å². The molecule has 28 heavy (non-hydrogen) atoms. The monoisotopic (exact) mass is 402 g/mol. The first-order valence-corrected chi connectivity index (χ1v) is 11.7. The molecule has 1 aromatic carbocycles. The summed E-state index contributed by atoms with van der Waals surface area (Å²) in [6.07, 6.45) is 4.52. The molecule has 4 atom stereocenters. The molecule has 1 saturated heterocycles. The number of halogens is 1. The molecule has 2 aliphatic rings. The highest BCUT2D eigenvalue weighted by atomic mass is 31.1. The number of carbonyl (C=O) groups excluding carboxylic acids is 2. The van der Waals surface area contributed by atoms with Crippen molar-refractivity contribution >= 4 is 19.7 Å². The van der Waals surface area contributed by atoms with Crippen molar-refractivity contribution < 1.29 is 14.0 Å². The average molecular weight is 402 g/mol. The predicted octanol–water partition coefficient (Wildman–Crippen LogP) is 3.57. The van der Waals surface area contributed by atoms with Gasteiger partial charge in [0.25, 0.3) is 5.91 Å². The van der Waals surface area contributed by atoms with Crippen LogP contribution >= 0.6 is 7.92 Å². The Hall–Kier alpha value is -1.92. The third-order valence-corrected chi connectivity index (χ3v) is 7.94. The number of nitrogens with one attached hydrogen (secondary N) is 2. The first kappa shape index (κ1) is 20.8. The first-order chi connectivity index (χ1) is 13.4. The van der Waals surface area contributed by atoms with E-state index < -0.39 is 0 Å². The van der Waals surface area contributed by atoms with E-state index in [1.165, 1.54) is 24.3 Å². The predicted molar refractivity (Wildman–Crippen MR) is 111 cm³/mol. The topological polar surface area (TPSA) is 58.2 Å². The van der Waals surface area contributed by atoms with Gasteiger partial charge < -0.3 is 10.6 Å². The van der Waals surface area contributed by atoms with E-state index in [0.717, 1.165) is 25.2 Å². The zero-order valence-corrected chi connectivity index (χ0v) is 17.4. The second-order valence-corrected chi connectivity index (χ2v) is 10.2. The number of fused-ring (bicyclic) bond motifs is 2. The molecule has 0 spiro atoms. The summed E-state index contributed by atoms with van der Waals surface area (Å²) >= 11 is 0. The molecular formula is C22H28FN2O2P. The lowest BCUT2D eigenvalue weighted by Crippen LogP contribution is -2.47. The van der Waals surface area contributed by atoms with Gasteiger partial charge in [0.1, 0.15) is 5.82 Å². The van der Waals surface area contributed by atoms with Crippen LogP contribution in [0.25, 0.3) is 0 Å². The Labute approximate surface area is 167 Å². The van der Waals surface area contributed by atoms with E-state index in [1.54, 1.807) is 0 Å². The number of carbonyl (C=O) groups is 2. The van der Waals surface area contributed by atoms with E-state index in [0.29, 0.717) is 31.0 Å². The van der Waals surface area contributed by atoms with Gasteiger partial charge in [-0.25, -0.2) is 4.39 Å². The first-order valence-electron chi connectivity index (χ1n) is 9.96. The second-order valence-electron chi connectivity index (χ2n) is 8.20. The molecule has 0 saturated carbocycles. The van der Waals surface area contributed by atoms with Gasteiger partial charge in [0.2, 0.25) is 5.91 Å². The number of hydrogen-bond acceptors (Lipinski definition) is 2. The summed E-state index contributed by atoms with van der Waals surface area (Å²) in [7, 11) is -0.360. The molecule has 2 amide bonds. The van der Waals surface area contributed by atoms with E-state index in [2.05, 4.69) is 36.1 Å². The number of amides is 2. The molecule has 4 unspecified atom stereocenters. The third-order valence-electron chi connectivity index (χ3n) is 5.44. The Morgan fingerprint density at radius 3 is 2.64 bits per heavy atom. The Morgan fingerprint density at radius 1 is 1.18 bits per heavy atom. The van der Waals surface area contributed by atoms with Crippen LogP contribution in [0, 0.1) is 34.6 Å². The fourth-order valence-corrected chi connectivity index (χ4v) is 7.03. The van der Waals surface area contributed by atoms with Gasteiger partial charge in [0, 0.05) is 24.6 Å². The lowest BCUT2D eigenvalue weighted by Gasteiger charge is -2.41. The zero-order chi connectivity index (χ0) is 20.1. The van der Waals surface area contributed by atoms with Crippen LogP contribution in [-0.4, -0.2) is 37.2 Å². The molecular weight excluding hydrogens is 374 g/mol. The quantitative estimate of drug-likeness (QED) is 0.434. The molecule has 3 rings (SSSR count). The molecule has 1 aromatic rings. The van der Waals surface area contributed by atoms with Crippen molar-refractivity contribution in [3.63, 3.8) is 0 Å². The molecule has 1 fully saturated rings. The van der Waals surface area contributed by atoms with Crippen LogP contribution in [0.15, 0.2) is 24.3 Å². The van der Waals surface area contributed by atoms with Crippen molar-refractivity contribution in [3.8, 4) is 11.6 Å². The maximum absolute atomic E-state index is 13.0. The van der Waals surface area contributed by atoms with E-state index in [4.69, 9.17) is 0 Å². The third kappa shape index (κ3) is 5.11. The van der Waals surface area contributed by atoms with E-state index in [9.17, 15) is 14.0 Å². The Morgan fingerprint density at radius 2 is 1.89 bits per heavy atom. The summed E-state index contributed by atoms with van der Waals surface area (Å²) < 4.78 is 12.9. The standard InChI is InChI=1S/C22H28FN2O2P/c1-16-8-11-28-14-17(2)13-22(12-16,15-28)21(27)25-10-3-9-24-20(26)18-4-6-19(23)7-5-18/h4-7,16-17H,3,9-10,12-15H2,1-2H3,(H,24,26)(H,25,27). The molecule has 4 nitrogen and oxygen atoms in total. The van der Waals surface area contributed by atoms with Crippen molar-refractivity contribution in [2.24, 2.45) is 17.3 Å². The molecule has 2 bridgehead atoms. The molecule has 6 heteroatoms. The highest BCUT2D eigenvalue weighted by Gasteiger charge is 2.46. The molecule has 0 aromatic heterocycles. The minimum Gasteiger partial charge on any atom is -0.356 e. The number of benzene rings is 1. The maximum Gasteiger partial charge on any atom is 0.251 e. The Bertz CT molecular complexity index is 782. The van der Waals surface area contributed by atoms with Crippen LogP contribution in [0.3, 0.4) is 0 Å². The number of hydrogen-bond donors (Lipinski definition) is 2. The number of rotatable bonds is 6. The van der Waals surface area contributed by atoms with Gasteiger partial charge in [0.05, 0.1) is 5.41 Å². The molecule has 150 valence electrons. The van der Waals surface area contributed by atoms with E-state index >= 15 is 0 Å². The normalized spacial score (nSPS) is 28.5. The van der Waals surface area contributed by atoms with Gasteiger partial charge >= 0.3 is 0 Å². The molecule has 0 radical (unpaired) electrons. The summed E-state index contributed by atoms with van der Waals surface area (Å²) in [4.78, 5) is 25.1. The zero-order valence-electron chi connectivity index (χ0n) is 16.6. The van der Waals surface area contributed by atoms with Crippen molar-refractivity contribution in [3.05, 3.63) is 35.6 Å². The Kier molecular flexibility index (Phi) is 6.73. The Balaban J connectivity index is 1.46. The van der Waals surface area contributed by atoms with Crippen molar-refractivity contribution in [1.82, 2.24) is 10.6 Å². The van der Waals surface area contributed by atoms with E-state index in [1.807, 2.05) is 0 Å². The van der Waals surface area contributed by atoms with Crippen LogP contribution in [0.5, 0.6) is 0 Å². The fourth-order valence-electron chi connectivity index (χ4n) is 4.31.